The Balaban J connectivity index is 2.75. The first-order chi connectivity index (χ1) is 7.34. The highest BCUT2D eigenvalue weighted by molar-refractivity contribution is 5.26. The summed E-state index contributed by atoms with van der Waals surface area (Å²) in [4.78, 5) is 9.04. The second-order valence-electron chi connectivity index (χ2n) is 3.42. The maximum atomic E-state index is 10.3. The summed E-state index contributed by atoms with van der Waals surface area (Å²) in [6.07, 6.45) is -0.0890. The van der Waals surface area contributed by atoms with E-state index in [0.717, 1.165) is 0 Å². The average molecular weight is 228 g/mol. The highest BCUT2D eigenvalue weighted by Gasteiger charge is 2.45. The number of hydrogen-bond donors (Lipinski definition) is 4. The molecule has 1 atom stereocenters. The van der Waals surface area contributed by atoms with E-state index in [1.165, 1.54) is 24.3 Å². The van der Waals surface area contributed by atoms with Gasteiger partial charge in [0.05, 0.1) is 4.92 Å². The summed E-state index contributed by atoms with van der Waals surface area (Å²) in [6, 6.07) is 4.29. The molecule has 0 amide bonds. The second kappa shape index (κ2) is 4.44. The molecule has 1 aromatic rings. The van der Waals surface area contributed by atoms with Crippen molar-refractivity contribution < 1.29 is 20.2 Å². The molecule has 0 saturated carbocycles. The zero-order valence-electron chi connectivity index (χ0n) is 8.28. The number of phenolic OH excluding ortho intramolecular Hbond substituents is 1. The minimum absolute atomic E-state index is 0.0471. The molecule has 0 aliphatic carbocycles. The summed E-state index contributed by atoms with van der Waals surface area (Å²) in [7, 11) is 0. The van der Waals surface area contributed by atoms with E-state index in [4.69, 9.17) is 21.1 Å². The molecule has 0 unspecified atom stereocenters. The fourth-order valence-electron chi connectivity index (χ4n) is 1.16. The number of nitrogens with zero attached hydrogens (tertiary/aromatic N) is 1. The van der Waals surface area contributed by atoms with E-state index < -0.39 is 16.9 Å². The van der Waals surface area contributed by atoms with E-state index >= 15 is 0 Å². The van der Waals surface area contributed by atoms with E-state index in [-0.39, 0.29) is 12.2 Å². The third-order valence-electron chi connectivity index (χ3n) is 2.16. The topological polar surface area (TPSA) is 130 Å². The van der Waals surface area contributed by atoms with Crippen LogP contribution in [0.3, 0.4) is 0 Å². The first-order valence-corrected chi connectivity index (χ1v) is 4.46. The number of hydrogen-bond acceptors (Lipinski definition) is 6. The standard InChI is InChI=1S/C9H12N2O5/c10-8(9(13,14)11(15)16)5-6-1-3-7(12)4-2-6/h1-4,8,12-14H,5,10H2/t8-/m0/s1. The van der Waals surface area contributed by atoms with Crippen LogP contribution in [0.4, 0.5) is 0 Å². The largest absolute Gasteiger partial charge is 0.508 e. The predicted octanol–water partition coefficient (Wildman–Crippen LogP) is -0.823. The molecule has 0 bridgehead atoms. The lowest BCUT2D eigenvalue weighted by atomic mass is 10.0. The van der Waals surface area contributed by atoms with Gasteiger partial charge in [0, 0.05) is 6.42 Å². The van der Waals surface area contributed by atoms with Gasteiger partial charge >= 0.3 is 5.91 Å². The van der Waals surface area contributed by atoms with E-state index in [1.54, 1.807) is 0 Å². The molecule has 5 N–H and O–H groups in total. The Morgan fingerprint density at radius 2 is 1.88 bits per heavy atom. The minimum Gasteiger partial charge on any atom is -0.508 e. The molecule has 1 aromatic carbocycles. The van der Waals surface area contributed by atoms with Crippen molar-refractivity contribution in [1.29, 1.82) is 0 Å². The van der Waals surface area contributed by atoms with Crippen molar-refractivity contribution in [3.05, 3.63) is 39.9 Å². The van der Waals surface area contributed by atoms with Gasteiger partial charge in [-0.1, -0.05) is 12.1 Å². The van der Waals surface area contributed by atoms with Crippen LogP contribution in [0.15, 0.2) is 24.3 Å². The normalized spacial score (nSPS) is 13.4. The number of aliphatic hydroxyl groups is 2. The van der Waals surface area contributed by atoms with Crippen LogP contribution in [0.2, 0.25) is 0 Å². The molecule has 1 rings (SSSR count). The van der Waals surface area contributed by atoms with Gasteiger partial charge < -0.3 is 21.1 Å². The van der Waals surface area contributed by atoms with Gasteiger partial charge in [-0.15, -0.1) is 0 Å². The number of phenols is 1. The Labute approximate surface area is 90.9 Å². The Bertz CT molecular complexity index is 376. The fraction of sp³-hybridized carbons (Fsp3) is 0.333. The van der Waals surface area contributed by atoms with Gasteiger partial charge in [-0.25, -0.2) is 0 Å². The lowest BCUT2D eigenvalue weighted by Crippen LogP contribution is -2.54. The smallest absolute Gasteiger partial charge is 0.452 e. The number of nitrogens with two attached hydrogens (primary N) is 1. The molecule has 7 nitrogen and oxygen atoms in total. The monoisotopic (exact) mass is 228 g/mol. The molecule has 16 heavy (non-hydrogen) atoms. The van der Waals surface area contributed by atoms with E-state index in [9.17, 15) is 10.1 Å². The maximum absolute atomic E-state index is 10.3. The third-order valence-corrected chi connectivity index (χ3v) is 2.16. The fourth-order valence-corrected chi connectivity index (χ4v) is 1.16. The summed E-state index contributed by atoms with van der Waals surface area (Å²) in [5, 5.41) is 37.4. The Morgan fingerprint density at radius 3 is 2.31 bits per heavy atom. The van der Waals surface area contributed by atoms with Crippen LogP contribution in [0.5, 0.6) is 5.75 Å². The zero-order chi connectivity index (χ0) is 12.3. The molecule has 88 valence electrons. The van der Waals surface area contributed by atoms with Gasteiger partial charge in [0.15, 0.2) is 0 Å². The predicted molar refractivity (Wildman–Crippen MR) is 53.9 cm³/mol. The van der Waals surface area contributed by atoms with Crippen LogP contribution in [-0.4, -0.2) is 32.2 Å². The van der Waals surface area contributed by atoms with E-state index in [1.807, 2.05) is 0 Å². The molecule has 0 radical (unpaired) electrons. The molecule has 0 aliphatic rings. The van der Waals surface area contributed by atoms with Crippen molar-refractivity contribution in [1.82, 2.24) is 0 Å². The summed E-state index contributed by atoms with van der Waals surface area (Å²) in [6.45, 7) is 0. The van der Waals surface area contributed by atoms with Gasteiger partial charge in [0.25, 0.3) is 0 Å². The van der Waals surface area contributed by atoms with Crippen molar-refractivity contribution in [2.45, 2.75) is 18.4 Å². The molecule has 7 heteroatoms. The van der Waals surface area contributed by atoms with Crippen LogP contribution in [0.1, 0.15) is 5.56 Å². The van der Waals surface area contributed by atoms with Crippen LogP contribution in [-0.2, 0) is 6.42 Å². The lowest BCUT2D eigenvalue weighted by molar-refractivity contribution is -0.686. The number of benzene rings is 1. The van der Waals surface area contributed by atoms with Crippen LogP contribution in [0.25, 0.3) is 0 Å². The quantitative estimate of drug-likeness (QED) is 0.302. The molecule has 0 heterocycles. The Hall–Kier alpha value is -1.70. The van der Waals surface area contributed by atoms with Gasteiger partial charge in [-0.2, -0.15) is 0 Å². The highest BCUT2D eigenvalue weighted by atomic mass is 16.7. The van der Waals surface area contributed by atoms with Crippen molar-refractivity contribution in [2.24, 2.45) is 5.73 Å². The Morgan fingerprint density at radius 1 is 1.38 bits per heavy atom. The SMILES string of the molecule is N[C@@H](Cc1ccc(O)cc1)C(O)(O)[N+](=O)[O-]. The van der Waals surface area contributed by atoms with Gasteiger partial charge in [0.1, 0.15) is 11.8 Å². The Kier molecular flexibility index (Phi) is 3.43. The summed E-state index contributed by atoms with van der Waals surface area (Å²) < 4.78 is 0. The van der Waals surface area contributed by atoms with Gasteiger partial charge in [-0.05, 0) is 17.7 Å². The summed E-state index contributed by atoms with van der Waals surface area (Å²) in [5.41, 5.74) is 5.87. The summed E-state index contributed by atoms with van der Waals surface area (Å²) >= 11 is 0. The lowest BCUT2D eigenvalue weighted by Gasteiger charge is -2.19. The number of nitro groups is 1. The first-order valence-electron chi connectivity index (χ1n) is 4.46. The van der Waals surface area contributed by atoms with Gasteiger partial charge in [-0.3, -0.25) is 10.1 Å². The number of aromatic hydroxyl groups is 1. The minimum atomic E-state index is -3.15. The van der Waals surface area contributed by atoms with Crippen molar-refractivity contribution in [3.63, 3.8) is 0 Å². The van der Waals surface area contributed by atoms with Gasteiger partial charge in [0.2, 0.25) is 0 Å². The van der Waals surface area contributed by atoms with Crippen LogP contribution in [0, 0.1) is 10.1 Å². The summed E-state index contributed by atoms with van der Waals surface area (Å²) in [5.74, 6) is -3.11. The molecule has 0 aliphatic heterocycles. The second-order valence-corrected chi connectivity index (χ2v) is 3.42. The van der Waals surface area contributed by atoms with E-state index in [2.05, 4.69) is 0 Å². The molecular formula is C9H12N2O5. The van der Waals surface area contributed by atoms with Crippen molar-refractivity contribution >= 4 is 0 Å². The van der Waals surface area contributed by atoms with E-state index in [0.29, 0.717) is 5.56 Å². The van der Waals surface area contributed by atoms with Crippen molar-refractivity contribution in [2.75, 3.05) is 0 Å². The molecular weight excluding hydrogens is 216 g/mol. The highest BCUT2D eigenvalue weighted by Crippen LogP contribution is 2.14. The van der Waals surface area contributed by atoms with Crippen LogP contribution < -0.4 is 5.73 Å². The molecule has 0 saturated heterocycles. The maximum Gasteiger partial charge on any atom is 0.452 e. The molecule has 0 spiro atoms. The molecule has 0 fully saturated rings. The average Bonchev–Trinajstić information content (AvgIpc) is 2.21. The first kappa shape index (κ1) is 12.4. The van der Waals surface area contributed by atoms with Crippen molar-refractivity contribution in [3.8, 4) is 5.75 Å². The van der Waals surface area contributed by atoms with Crippen LogP contribution >= 0.6 is 0 Å². The third kappa shape index (κ3) is 2.66. The number of rotatable bonds is 4. The zero-order valence-corrected chi connectivity index (χ0v) is 8.28. The molecule has 0 aromatic heterocycles.